The third-order valence-corrected chi connectivity index (χ3v) is 2.80. The van der Waals surface area contributed by atoms with E-state index in [-0.39, 0.29) is 11.4 Å². The van der Waals surface area contributed by atoms with Crippen LogP contribution in [0.25, 0.3) is 0 Å². The fourth-order valence-corrected chi connectivity index (χ4v) is 1.82. The number of amides is 1. The Labute approximate surface area is 102 Å². The Kier molecular flexibility index (Phi) is 3.22. The van der Waals surface area contributed by atoms with Gasteiger partial charge < -0.3 is 31.5 Å². The van der Waals surface area contributed by atoms with E-state index in [0.29, 0.717) is 0 Å². The molecule has 1 fully saturated rings. The van der Waals surface area contributed by atoms with Gasteiger partial charge >= 0.3 is 0 Å². The fraction of sp³-hybridized carbons (Fsp3) is 0.556. The molecule has 0 unspecified atom stereocenters. The second-order valence-corrected chi connectivity index (χ2v) is 4.00. The molecule has 0 aromatic carbocycles. The molecule has 1 aromatic heterocycles. The summed E-state index contributed by atoms with van der Waals surface area (Å²) >= 11 is 0. The number of ether oxygens (including phenoxy) is 1. The van der Waals surface area contributed by atoms with Crippen molar-refractivity contribution in [2.45, 2.75) is 24.5 Å². The van der Waals surface area contributed by atoms with Crippen LogP contribution in [0.3, 0.4) is 0 Å². The summed E-state index contributed by atoms with van der Waals surface area (Å²) in [5.41, 5.74) is 10.5. The number of aliphatic hydroxyl groups excluding tert-OH is 3. The van der Waals surface area contributed by atoms with Crippen molar-refractivity contribution in [1.29, 1.82) is 0 Å². The largest absolute Gasteiger partial charge is 0.394 e. The van der Waals surface area contributed by atoms with Crippen molar-refractivity contribution in [3.8, 4) is 0 Å². The van der Waals surface area contributed by atoms with Crippen LogP contribution in [0, 0.1) is 0 Å². The van der Waals surface area contributed by atoms with Gasteiger partial charge in [-0.25, -0.2) is 4.68 Å². The minimum atomic E-state index is -1.29. The van der Waals surface area contributed by atoms with Crippen molar-refractivity contribution in [2.75, 3.05) is 12.3 Å². The smallest absolute Gasteiger partial charge is 0.254 e. The van der Waals surface area contributed by atoms with Gasteiger partial charge in [0.15, 0.2) is 12.0 Å². The summed E-state index contributed by atoms with van der Waals surface area (Å²) in [5, 5.41) is 32.0. The molecule has 7 N–H and O–H groups in total. The molecule has 4 atom stereocenters. The molecule has 0 bridgehead atoms. The van der Waals surface area contributed by atoms with Crippen LogP contribution in [0.1, 0.15) is 16.6 Å². The summed E-state index contributed by atoms with van der Waals surface area (Å²) < 4.78 is 6.31. The molecule has 9 nitrogen and oxygen atoms in total. The van der Waals surface area contributed by atoms with E-state index in [9.17, 15) is 15.0 Å². The molecule has 18 heavy (non-hydrogen) atoms. The highest BCUT2D eigenvalue weighted by Gasteiger charge is 2.44. The van der Waals surface area contributed by atoms with Crippen molar-refractivity contribution < 1.29 is 24.9 Å². The van der Waals surface area contributed by atoms with Gasteiger partial charge in [-0.2, -0.15) is 5.10 Å². The second-order valence-electron chi connectivity index (χ2n) is 4.00. The number of hydrogen-bond acceptors (Lipinski definition) is 7. The van der Waals surface area contributed by atoms with E-state index in [1.165, 1.54) is 6.20 Å². The number of primary amides is 1. The maximum Gasteiger partial charge on any atom is 0.254 e. The molecule has 1 amide bonds. The Hall–Kier alpha value is -1.68. The number of anilines is 1. The minimum absolute atomic E-state index is 0.00672. The molecule has 2 heterocycles. The van der Waals surface area contributed by atoms with Gasteiger partial charge in [0.25, 0.3) is 5.91 Å². The Morgan fingerprint density at radius 2 is 2.17 bits per heavy atom. The Bertz CT molecular complexity index is 462. The predicted octanol–water partition coefficient (Wildman–Crippen LogP) is -2.82. The Morgan fingerprint density at radius 3 is 2.61 bits per heavy atom. The SMILES string of the molecule is NC(=O)c1cn([C@@H]2O[C@H](CO)[C@@H](O)[C@H]2O)nc1N. The van der Waals surface area contributed by atoms with E-state index in [1.807, 2.05) is 0 Å². The first kappa shape index (κ1) is 12.8. The van der Waals surface area contributed by atoms with Crippen LogP contribution in [-0.2, 0) is 4.74 Å². The van der Waals surface area contributed by atoms with Crippen LogP contribution < -0.4 is 11.5 Å². The fourth-order valence-electron chi connectivity index (χ4n) is 1.82. The second kappa shape index (κ2) is 4.53. The highest BCUT2D eigenvalue weighted by atomic mass is 16.6. The normalized spacial score (nSPS) is 31.7. The van der Waals surface area contributed by atoms with Crippen molar-refractivity contribution in [3.05, 3.63) is 11.8 Å². The molecule has 1 aliphatic rings. The molecular formula is C9H14N4O5. The van der Waals surface area contributed by atoms with Gasteiger partial charge in [0.05, 0.1) is 6.61 Å². The summed E-state index contributed by atoms with van der Waals surface area (Å²) in [7, 11) is 0. The zero-order valence-corrected chi connectivity index (χ0v) is 9.30. The monoisotopic (exact) mass is 258 g/mol. The Morgan fingerprint density at radius 1 is 1.50 bits per heavy atom. The van der Waals surface area contributed by atoms with Crippen molar-refractivity contribution in [2.24, 2.45) is 5.73 Å². The van der Waals surface area contributed by atoms with Crippen LogP contribution in [-0.4, -0.2) is 55.9 Å². The number of nitrogens with zero attached hydrogens (tertiary/aromatic N) is 2. The van der Waals surface area contributed by atoms with Gasteiger partial charge in [-0.05, 0) is 0 Å². The molecular weight excluding hydrogens is 244 g/mol. The highest BCUT2D eigenvalue weighted by Crippen LogP contribution is 2.29. The molecule has 9 heteroatoms. The number of rotatable bonds is 3. The summed E-state index contributed by atoms with van der Waals surface area (Å²) in [5.74, 6) is -0.856. The average molecular weight is 258 g/mol. The van der Waals surface area contributed by atoms with Crippen LogP contribution in [0.2, 0.25) is 0 Å². The number of nitrogens with two attached hydrogens (primary N) is 2. The van der Waals surface area contributed by atoms with Gasteiger partial charge in [0.1, 0.15) is 23.9 Å². The van der Waals surface area contributed by atoms with Gasteiger partial charge in [-0.3, -0.25) is 4.79 Å². The summed E-state index contributed by atoms with van der Waals surface area (Å²) in [6, 6.07) is 0. The number of aromatic nitrogens is 2. The van der Waals surface area contributed by atoms with E-state index in [1.54, 1.807) is 0 Å². The zero-order chi connectivity index (χ0) is 13.4. The van der Waals surface area contributed by atoms with E-state index >= 15 is 0 Å². The number of hydrogen-bond donors (Lipinski definition) is 5. The maximum atomic E-state index is 11.0. The third-order valence-electron chi connectivity index (χ3n) is 2.80. The molecule has 0 aliphatic carbocycles. The van der Waals surface area contributed by atoms with Crippen LogP contribution >= 0.6 is 0 Å². The topological polar surface area (TPSA) is 157 Å². The Balaban J connectivity index is 2.27. The number of nitrogen functional groups attached to an aromatic ring is 1. The van der Waals surface area contributed by atoms with Crippen LogP contribution in [0.15, 0.2) is 6.20 Å². The average Bonchev–Trinajstić information content (AvgIpc) is 2.82. The van der Waals surface area contributed by atoms with Crippen molar-refractivity contribution in [1.82, 2.24) is 9.78 Å². The summed E-state index contributed by atoms with van der Waals surface area (Å²) in [6.07, 6.45) is -3.28. The first-order valence-corrected chi connectivity index (χ1v) is 5.22. The standard InChI is InChI=1S/C9H14N4O5/c10-7-3(8(11)17)1-13(12-7)9-6(16)5(15)4(2-14)18-9/h1,4-6,9,14-16H,2H2,(H2,10,12)(H2,11,17)/t4-,5-,6-,9-/m1/s1. The minimum Gasteiger partial charge on any atom is -0.394 e. The molecule has 0 saturated carbocycles. The number of carbonyl (C=O) groups is 1. The molecule has 2 rings (SSSR count). The number of aliphatic hydroxyl groups is 3. The van der Waals surface area contributed by atoms with E-state index in [4.69, 9.17) is 21.3 Å². The van der Waals surface area contributed by atoms with Gasteiger partial charge in [-0.15, -0.1) is 0 Å². The van der Waals surface area contributed by atoms with Gasteiger partial charge in [0.2, 0.25) is 0 Å². The quantitative estimate of drug-likeness (QED) is 0.391. The molecule has 100 valence electrons. The first-order valence-electron chi connectivity index (χ1n) is 5.22. The summed E-state index contributed by atoms with van der Waals surface area (Å²) in [4.78, 5) is 11.0. The van der Waals surface area contributed by atoms with E-state index < -0.39 is 37.1 Å². The maximum absolute atomic E-state index is 11.0. The molecule has 0 spiro atoms. The van der Waals surface area contributed by atoms with Crippen LogP contribution in [0.4, 0.5) is 5.82 Å². The molecule has 1 aliphatic heterocycles. The first-order chi connectivity index (χ1) is 8.45. The van der Waals surface area contributed by atoms with Gasteiger partial charge in [-0.1, -0.05) is 0 Å². The van der Waals surface area contributed by atoms with Crippen molar-refractivity contribution in [3.63, 3.8) is 0 Å². The molecule has 0 radical (unpaired) electrons. The number of carbonyl (C=O) groups excluding carboxylic acids is 1. The van der Waals surface area contributed by atoms with Gasteiger partial charge in [0, 0.05) is 6.20 Å². The highest BCUT2D eigenvalue weighted by molar-refractivity contribution is 5.96. The van der Waals surface area contributed by atoms with E-state index in [2.05, 4.69) is 5.10 Å². The summed E-state index contributed by atoms with van der Waals surface area (Å²) in [6.45, 7) is -0.450. The zero-order valence-electron chi connectivity index (χ0n) is 9.30. The third kappa shape index (κ3) is 1.93. The lowest BCUT2D eigenvalue weighted by Crippen LogP contribution is -2.33. The van der Waals surface area contributed by atoms with Crippen LogP contribution in [0.5, 0.6) is 0 Å². The lowest BCUT2D eigenvalue weighted by molar-refractivity contribution is -0.0585. The molecule has 1 aromatic rings. The van der Waals surface area contributed by atoms with Crippen molar-refractivity contribution >= 4 is 11.7 Å². The van der Waals surface area contributed by atoms with E-state index in [0.717, 1.165) is 4.68 Å². The predicted molar refractivity (Wildman–Crippen MR) is 58.2 cm³/mol. The molecule has 1 saturated heterocycles. The lowest BCUT2D eigenvalue weighted by atomic mass is 10.1. The lowest BCUT2D eigenvalue weighted by Gasteiger charge is -2.14.